The SMILES string of the molecule is CC(=O)N[C@@H](Cc1cc(F)cc(F)c1)[C@H](O)CNC1CCCc2ccc(-c3cncn3C)cc21. The Morgan fingerprint density at radius 2 is 2.00 bits per heavy atom. The lowest BCUT2D eigenvalue weighted by atomic mass is 9.86. The number of fused-ring (bicyclic) bond motifs is 1. The van der Waals surface area contributed by atoms with E-state index in [1.807, 2.05) is 17.8 Å². The van der Waals surface area contributed by atoms with Crippen LogP contribution in [0.3, 0.4) is 0 Å². The Bertz CT molecular complexity index is 1140. The molecule has 1 aromatic heterocycles. The molecular weight excluding hydrogens is 438 g/mol. The van der Waals surface area contributed by atoms with Crippen LogP contribution >= 0.6 is 0 Å². The fourth-order valence-corrected chi connectivity index (χ4v) is 4.74. The largest absolute Gasteiger partial charge is 0.390 e. The van der Waals surface area contributed by atoms with Gasteiger partial charge in [-0.1, -0.05) is 12.1 Å². The maximum atomic E-state index is 13.6. The van der Waals surface area contributed by atoms with Gasteiger partial charge >= 0.3 is 0 Å². The van der Waals surface area contributed by atoms with Crippen molar-refractivity contribution in [2.45, 2.75) is 50.8 Å². The normalized spacial score (nSPS) is 17.1. The topological polar surface area (TPSA) is 79.2 Å². The van der Waals surface area contributed by atoms with Gasteiger partial charge in [0.1, 0.15) is 11.6 Å². The number of halogens is 2. The summed E-state index contributed by atoms with van der Waals surface area (Å²) in [5.41, 5.74) is 4.95. The van der Waals surface area contributed by atoms with Gasteiger partial charge in [-0.05, 0) is 60.6 Å². The first-order valence-electron chi connectivity index (χ1n) is 11.5. The average Bonchev–Trinajstić information content (AvgIpc) is 3.21. The van der Waals surface area contributed by atoms with Gasteiger partial charge in [-0.2, -0.15) is 0 Å². The van der Waals surface area contributed by atoms with Crippen LogP contribution in [-0.4, -0.2) is 39.3 Å². The molecule has 0 fully saturated rings. The lowest BCUT2D eigenvalue weighted by Crippen LogP contribution is -2.48. The molecule has 1 aliphatic carbocycles. The fraction of sp³-hybridized carbons (Fsp3) is 0.385. The minimum Gasteiger partial charge on any atom is -0.390 e. The zero-order chi connectivity index (χ0) is 24.2. The van der Waals surface area contributed by atoms with E-state index < -0.39 is 23.8 Å². The molecule has 1 aliphatic rings. The number of benzene rings is 2. The number of aromatic nitrogens is 2. The van der Waals surface area contributed by atoms with Gasteiger partial charge in [0.15, 0.2) is 0 Å². The number of aliphatic hydroxyl groups is 1. The monoisotopic (exact) mass is 468 g/mol. The lowest BCUT2D eigenvalue weighted by Gasteiger charge is -2.30. The molecule has 0 saturated heterocycles. The summed E-state index contributed by atoms with van der Waals surface area (Å²) in [6, 6.07) is 9.04. The van der Waals surface area contributed by atoms with Crippen molar-refractivity contribution in [1.29, 1.82) is 0 Å². The number of hydrogen-bond donors (Lipinski definition) is 3. The smallest absolute Gasteiger partial charge is 0.217 e. The number of hydrogen-bond acceptors (Lipinski definition) is 4. The molecule has 1 heterocycles. The average molecular weight is 469 g/mol. The third kappa shape index (κ3) is 5.69. The second-order valence-electron chi connectivity index (χ2n) is 9.01. The van der Waals surface area contributed by atoms with Crippen molar-refractivity contribution in [2.24, 2.45) is 7.05 Å². The van der Waals surface area contributed by atoms with E-state index >= 15 is 0 Å². The standard InChI is InChI=1S/C26H30F2N4O2/c1-16(33)31-24(10-17-8-20(27)12-21(28)9-17)26(34)14-30-23-5-3-4-18-6-7-19(11-22(18)23)25-13-29-15-32(25)2/h6-9,11-13,15,23-24,26,30,34H,3-5,10,14H2,1-2H3,(H,31,33)/t23?,24-,26+/m0/s1. The summed E-state index contributed by atoms with van der Waals surface area (Å²) in [7, 11) is 1.96. The number of imidazole rings is 1. The highest BCUT2D eigenvalue weighted by Crippen LogP contribution is 2.33. The molecule has 3 aromatic rings. The van der Waals surface area contributed by atoms with Gasteiger partial charge in [-0.3, -0.25) is 4.79 Å². The van der Waals surface area contributed by atoms with E-state index in [-0.39, 0.29) is 24.9 Å². The molecule has 1 amide bonds. The van der Waals surface area contributed by atoms with Crippen molar-refractivity contribution < 1.29 is 18.7 Å². The molecule has 2 aromatic carbocycles. The van der Waals surface area contributed by atoms with E-state index in [9.17, 15) is 18.7 Å². The quantitative estimate of drug-likeness (QED) is 0.473. The molecule has 3 N–H and O–H groups in total. The van der Waals surface area contributed by atoms with Gasteiger partial charge < -0.3 is 20.3 Å². The van der Waals surface area contributed by atoms with Gasteiger partial charge in [-0.25, -0.2) is 13.8 Å². The molecule has 34 heavy (non-hydrogen) atoms. The van der Waals surface area contributed by atoms with Crippen molar-refractivity contribution in [3.63, 3.8) is 0 Å². The fourth-order valence-electron chi connectivity index (χ4n) is 4.74. The van der Waals surface area contributed by atoms with E-state index in [4.69, 9.17) is 0 Å². The van der Waals surface area contributed by atoms with E-state index in [2.05, 4.69) is 33.8 Å². The van der Waals surface area contributed by atoms with E-state index in [0.717, 1.165) is 36.6 Å². The molecule has 180 valence electrons. The van der Waals surface area contributed by atoms with Gasteiger partial charge in [-0.15, -0.1) is 0 Å². The molecule has 0 aliphatic heterocycles. The molecule has 6 nitrogen and oxygen atoms in total. The summed E-state index contributed by atoms with van der Waals surface area (Å²) in [5.74, 6) is -1.69. The summed E-state index contributed by atoms with van der Waals surface area (Å²) in [6.45, 7) is 1.58. The zero-order valence-corrected chi connectivity index (χ0v) is 19.4. The third-order valence-corrected chi connectivity index (χ3v) is 6.38. The van der Waals surface area contributed by atoms with Crippen LogP contribution in [0.15, 0.2) is 48.9 Å². The molecule has 1 unspecified atom stereocenters. The highest BCUT2D eigenvalue weighted by atomic mass is 19.1. The summed E-state index contributed by atoms with van der Waals surface area (Å²) >= 11 is 0. The molecular formula is C26H30F2N4O2. The van der Waals surface area contributed by atoms with Crippen LogP contribution in [0.1, 0.15) is 42.5 Å². The number of nitrogens with one attached hydrogen (secondary N) is 2. The Kier molecular flexibility index (Phi) is 7.38. The van der Waals surface area contributed by atoms with E-state index in [1.165, 1.54) is 30.2 Å². The van der Waals surface area contributed by atoms with Crippen molar-refractivity contribution in [3.8, 4) is 11.3 Å². The van der Waals surface area contributed by atoms with Gasteiger partial charge in [0.05, 0.1) is 30.4 Å². The van der Waals surface area contributed by atoms with E-state index in [0.29, 0.717) is 5.56 Å². The second kappa shape index (κ2) is 10.4. The second-order valence-corrected chi connectivity index (χ2v) is 9.01. The van der Waals surface area contributed by atoms with Gasteiger partial charge in [0, 0.05) is 38.2 Å². The summed E-state index contributed by atoms with van der Waals surface area (Å²) in [6.07, 6.45) is 5.74. The predicted octanol–water partition coefficient (Wildman–Crippen LogP) is 3.44. The minimum absolute atomic E-state index is 0.0520. The number of aliphatic hydroxyl groups excluding tert-OH is 1. The molecule has 8 heteroatoms. The minimum atomic E-state index is -0.944. The van der Waals surface area contributed by atoms with Gasteiger partial charge in [0.2, 0.25) is 5.91 Å². The molecule has 3 atom stereocenters. The Morgan fingerprint density at radius 3 is 2.68 bits per heavy atom. The number of aryl methyl sites for hydroxylation is 2. The highest BCUT2D eigenvalue weighted by Gasteiger charge is 2.25. The number of carbonyl (C=O) groups is 1. The summed E-state index contributed by atoms with van der Waals surface area (Å²) in [4.78, 5) is 15.9. The predicted molar refractivity (Wildman–Crippen MR) is 126 cm³/mol. The molecule has 0 spiro atoms. The van der Waals surface area contributed by atoms with Crippen LogP contribution in [0.5, 0.6) is 0 Å². The molecule has 0 saturated carbocycles. The number of rotatable bonds is 8. The molecule has 0 bridgehead atoms. The van der Waals surface area contributed by atoms with Crippen LogP contribution < -0.4 is 10.6 Å². The molecule has 4 rings (SSSR count). The Labute approximate surface area is 198 Å². The Morgan fingerprint density at radius 1 is 1.24 bits per heavy atom. The Balaban J connectivity index is 1.48. The van der Waals surface area contributed by atoms with Crippen molar-refractivity contribution in [2.75, 3.05) is 6.54 Å². The van der Waals surface area contributed by atoms with Crippen molar-refractivity contribution >= 4 is 5.91 Å². The zero-order valence-electron chi connectivity index (χ0n) is 19.4. The van der Waals surface area contributed by atoms with Crippen LogP contribution in [0, 0.1) is 11.6 Å². The highest BCUT2D eigenvalue weighted by molar-refractivity contribution is 5.73. The van der Waals surface area contributed by atoms with Gasteiger partial charge in [0.25, 0.3) is 0 Å². The van der Waals surface area contributed by atoms with Crippen molar-refractivity contribution in [1.82, 2.24) is 20.2 Å². The molecule has 0 radical (unpaired) electrons. The lowest BCUT2D eigenvalue weighted by molar-refractivity contribution is -0.120. The van der Waals surface area contributed by atoms with E-state index in [1.54, 1.807) is 6.33 Å². The van der Waals surface area contributed by atoms with Crippen LogP contribution in [0.25, 0.3) is 11.3 Å². The number of nitrogens with zero attached hydrogens (tertiary/aromatic N) is 2. The van der Waals surface area contributed by atoms with Crippen molar-refractivity contribution in [3.05, 3.63) is 77.2 Å². The first-order valence-corrected chi connectivity index (χ1v) is 11.5. The van der Waals surface area contributed by atoms with Crippen LogP contribution in [0.4, 0.5) is 8.78 Å². The maximum Gasteiger partial charge on any atom is 0.217 e. The number of carbonyl (C=O) groups excluding carboxylic acids is 1. The first-order chi connectivity index (χ1) is 16.3. The summed E-state index contributed by atoms with van der Waals surface area (Å²) < 4.78 is 29.2. The first kappa shape index (κ1) is 24.0. The Hall–Kier alpha value is -3.10. The number of amides is 1. The summed E-state index contributed by atoms with van der Waals surface area (Å²) in [5, 5.41) is 17.1. The van der Waals surface area contributed by atoms with Crippen LogP contribution in [-0.2, 0) is 24.7 Å². The van der Waals surface area contributed by atoms with Crippen LogP contribution in [0.2, 0.25) is 0 Å². The maximum absolute atomic E-state index is 13.6. The third-order valence-electron chi connectivity index (χ3n) is 6.38.